The Morgan fingerprint density at radius 2 is 1.56 bits per heavy atom. The standard InChI is InChI=1S/C36H45N5O3S/c1-23(2)30-16-27(17-31(39-30)24(3)4)19-37-20-33(42)32(15-26-11-8-7-9-12-26)40-35(43)28-13-10-14-29(18-28)36(44)41(6)21-34-38-25(5)22-45-34/h7-14,16-18,22-24,32-33,37,42H,15,19-21H2,1-6H3,(H,40,43)/t32-,33+/m0/s1. The molecule has 0 saturated carbocycles. The summed E-state index contributed by atoms with van der Waals surface area (Å²) in [7, 11) is 1.73. The Morgan fingerprint density at radius 3 is 2.18 bits per heavy atom. The van der Waals surface area contributed by atoms with E-state index in [1.165, 1.54) is 11.3 Å². The van der Waals surface area contributed by atoms with Gasteiger partial charge in [0.05, 0.1) is 18.7 Å². The van der Waals surface area contributed by atoms with Crippen molar-refractivity contribution in [3.8, 4) is 0 Å². The molecule has 0 spiro atoms. The second-order valence-corrected chi connectivity index (χ2v) is 13.2. The van der Waals surface area contributed by atoms with E-state index < -0.39 is 12.1 Å². The van der Waals surface area contributed by atoms with Crippen LogP contribution >= 0.6 is 11.3 Å². The van der Waals surface area contributed by atoms with Gasteiger partial charge in [0, 0.05) is 53.7 Å². The highest BCUT2D eigenvalue weighted by atomic mass is 32.1. The SMILES string of the molecule is Cc1csc(CN(C)C(=O)c2cccc(C(=O)N[C@@H](Cc3ccccc3)[C@H](O)CNCc3cc(C(C)C)nc(C(C)C)c3)c2)n1. The first-order valence-electron chi connectivity index (χ1n) is 15.5. The van der Waals surface area contributed by atoms with Crippen LogP contribution in [-0.2, 0) is 19.5 Å². The van der Waals surface area contributed by atoms with E-state index in [0.29, 0.717) is 42.5 Å². The molecule has 2 atom stereocenters. The Bertz CT molecular complexity index is 1540. The average Bonchev–Trinajstić information content (AvgIpc) is 3.44. The van der Waals surface area contributed by atoms with Crippen molar-refractivity contribution in [2.24, 2.45) is 0 Å². The topological polar surface area (TPSA) is 107 Å². The summed E-state index contributed by atoms with van der Waals surface area (Å²) < 4.78 is 0. The second kappa shape index (κ2) is 15.9. The first-order chi connectivity index (χ1) is 21.5. The highest BCUT2D eigenvalue weighted by Gasteiger charge is 2.23. The third-order valence-corrected chi connectivity index (χ3v) is 8.58. The predicted octanol–water partition coefficient (Wildman–Crippen LogP) is 5.86. The number of aliphatic hydroxyl groups excluding tert-OH is 1. The van der Waals surface area contributed by atoms with E-state index in [4.69, 9.17) is 4.98 Å². The van der Waals surface area contributed by atoms with Gasteiger partial charge in [-0.1, -0.05) is 64.1 Å². The Labute approximate surface area is 270 Å². The van der Waals surface area contributed by atoms with E-state index in [2.05, 4.69) is 55.4 Å². The number of hydrogen-bond donors (Lipinski definition) is 3. The number of amides is 2. The van der Waals surface area contributed by atoms with Crippen molar-refractivity contribution in [1.29, 1.82) is 0 Å². The third-order valence-electron chi connectivity index (χ3n) is 7.63. The summed E-state index contributed by atoms with van der Waals surface area (Å²) in [6.07, 6.45) is -0.406. The van der Waals surface area contributed by atoms with E-state index in [1.54, 1.807) is 36.2 Å². The molecule has 0 aliphatic carbocycles. The van der Waals surface area contributed by atoms with Crippen molar-refractivity contribution in [1.82, 2.24) is 25.5 Å². The van der Waals surface area contributed by atoms with Gasteiger partial charge in [-0.15, -0.1) is 11.3 Å². The lowest BCUT2D eigenvalue weighted by Crippen LogP contribution is -2.48. The van der Waals surface area contributed by atoms with Gasteiger partial charge in [0.25, 0.3) is 11.8 Å². The Morgan fingerprint density at radius 1 is 0.889 bits per heavy atom. The molecule has 2 heterocycles. The van der Waals surface area contributed by atoms with Crippen LogP contribution in [0, 0.1) is 6.92 Å². The molecular formula is C36H45N5O3S. The van der Waals surface area contributed by atoms with Gasteiger partial charge in [0.15, 0.2) is 0 Å². The zero-order valence-electron chi connectivity index (χ0n) is 27.1. The van der Waals surface area contributed by atoms with E-state index in [1.807, 2.05) is 42.6 Å². The van der Waals surface area contributed by atoms with Crippen LogP contribution in [0.15, 0.2) is 72.1 Å². The van der Waals surface area contributed by atoms with E-state index in [0.717, 1.165) is 33.2 Å². The fourth-order valence-electron chi connectivity index (χ4n) is 5.00. The Kier molecular flexibility index (Phi) is 12.0. The number of thiazole rings is 1. The lowest BCUT2D eigenvalue weighted by molar-refractivity contribution is 0.0784. The van der Waals surface area contributed by atoms with Crippen molar-refractivity contribution in [2.45, 2.75) is 78.1 Å². The quantitative estimate of drug-likeness (QED) is 0.162. The van der Waals surface area contributed by atoms with E-state index >= 15 is 0 Å². The molecule has 4 rings (SSSR count). The van der Waals surface area contributed by atoms with Crippen LogP contribution in [0.4, 0.5) is 0 Å². The molecule has 0 radical (unpaired) electrons. The lowest BCUT2D eigenvalue weighted by Gasteiger charge is -2.25. The maximum Gasteiger partial charge on any atom is 0.253 e. The number of nitrogens with one attached hydrogen (secondary N) is 2. The molecule has 45 heavy (non-hydrogen) atoms. The monoisotopic (exact) mass is 627 g/mol. The first-order valence-corrected chi connectivity index (χ1v) is 16.4. The summed E-state index contributed by atoms with van der Waals surface area (Å²) in [6, 6.07) is 20.2. The second-order valence-electron chi connectivity index (χ2n) is 12.2. The van der Waals surface area contributed by atoms with Crippen LogP contribution in [0.5, 0.6) is 0 Å². The van der Waals surface area contributed by atoms with Crippen LogP contribution in [0.25, 0.3) is 0 Å². The van der Waals surface area contributed by atoms with Crippen LogP contribution in [-0.4, -0.2) is 57.5 Å². The number of carbonyl (C=O) groups excluding carboxylic acids is 2. The van der Waals surface area contributed by atoms with E-state index in [-0.39, 0.29) is 18.4 Å². The molecule has 238 valence electrons. The number of benzene rings is 2. The summed E-state index contributed by atoms with van der Waals surface area (Å²) in [6.45, 7) is 11.7. The molecular weight excluding hydrogens is 582 g/mol. The predicted molar refractivity (Wildman–Crippen MR) is 181 cm³/mol. The molecule has 3 N–H and O–H groups in total. The minimum Gasteiger partial charge on any atom is -0.390 e. The van der Waals surface area contributed by atoms with Gasteiger partial charge in [-0.3, -0.25) is 14.6 Å². The number of aliphatic hydroxyl groups is 1. The smallest absolute Gasteiger partial charge is 0.253 e. The van der Waals surface area contributed by atoms with Crippen molar-refractivity contribution in [3.05, 3.63) is 116 Å². The molecule has 0 fully saturated rings. The lowest BCUT2D eigenvalue weighted by atomic mass is 9.99. The van der Waals surface area contributed by atoms with Crippen LogP contribution in [0.3, 0.4) is 0 Å². The van der Waals surface area contributed by atoms with Gasteiger partial charge in [-0.05, 0) is 66.6 Å². The van der Waals surface area contributed by atoms with Crippen LogP contribution in [0.2, 0.25) is 0 Å². The highest BCUT2D eigenvalue weighted by molar-refractivity contribution is 7.09. The maximum absolute atomic E-state index is 13.5. The maximum atomic E-state index is 13.5. The molecule has 0 unspecified atom stereocenters. The van der Waals surface area contributed by atoms with Gasteiger partial charge in [-0.25, -0.2) is 4.98 Å². The van der Waals surface area contributed by atoms with Crippen molar-refractivity contribution in [3.63, 3.8) is 0 Å². The molecule has 2 amide bonds. The van der Waals surface area contributed by atoms with Gasteiger partial charge in [0.1, 0.15) is 5.01 Å². The van der Waals surface area contributed by atoms with Crippen LogP contribution < -0.4 is 10.6 Å². The number of pyridine rings is 1. The number of nitrogens with zero attached hydrogens (tertiary/aromatic N) is 3. The minimum absolute atomic E-state index is 0.195. The van der Waals surface area contributed by atoms with Crippen molar-refractivity contribution in [2.75, 3.05) is 13.6 Å². The zero-order valence-corrected chi connectivity index (χ0v) is 27.9. The minimum atomic E-state index is -0.858. The number of rotatable bonds is 14. The zero-order chi connectivity index (χ0) is 32.5. The van der Waals surface area contributed by atoms with Crippen LogP contribution in [0.1, 0.15) is 93.5 Å². The number of aromatic nitrogens is 2. The Balaban J connectivity index is 1.44. The molecule has 2 aromatic carbocycles. The number of aryl methyl sites for hydroxylation is 1. The molecule has 0 bridgehead atoms. The Hall–Kier alpha value is -3.92. The molecule has 0 saturated heterocycles. The summed E-state index contributed by atoms with van der Waals surface area (Å²) in [4.78, 5) is 37.5. The summed E-state index contributed by atoms with van der Waals surface area (Å²) in [5.74, 6) is 0.0880. The molecule has 8 nitrogen and oxygen atoms in total. The average molecular weight is 628 g/mol. The number of carbonyl (C=O) groups is 2. The van der Waals surface area contributed by atoms with Gasteiger partial charge in [-0.2, -0.15) is 0 Å². The van der Waals surface area contributed by atoms with Crippen molar-refractivity contribution >= 4 is 23.2 Å². The molecule has 0 aliphatic heterocycles. The van der Waals surface area contributed by atoms with Gasteiger partial charge >= 0.3 is 0 Å². The first kappa shape index (κ1) is 34.0. The van der Waals surface area contributed by atoms with Gasteiger partial charge in [0.2, 0.25) is 0 Å². The third kappa shape index (κ3) is 9.78. The summed E-state index contributed by atoms with van der Waals surface area (Å²) in [5, 5.41) is 20.6. The normalized spacial score (nSPS) is 12.7. The highest BCUT2D eigenvalue weighted by Crippen LogP contribution is 2.20. The number of hydrogen-bond acceptors (Lipinski definition) is 7. The molecule has 9 heteroatoms. The fraction of sp³-hybridized carbons (Fsp3) is 0.389. The van der Waals surface area contributed by atoms with E-state index in [9.17, 15) is 14.7 Å². The fourth-order valence-corrected chi connectivity index (χ4v) is 5.83. The molecule has 0 aliphatic rings. The summed E-state index contributed by atoms with van der Waals surface area (Å²) >= 11 is 1.52. The molecule has 4 aromatic rings. The van der Waals surface area contributed by atoms with Gasteiger partial charge < -0.3 is 20.6 Å². The molecule has 2 aromatic heterocycles. The summed E-state index contributed by atoms with van der Waals surface area (Å²) in [5.41, 5.74) is 5.92. The van der Waals surface area contributed by atoms with Crippen molar-refractivity contribution < 1.29 is 14.7 Å². The largest absolute Gasteiger partial charge is 0.390 e.